The maximum absolute atomic E-state index is 15.1. The lowest BCUT2D eigenvalue weighted by molar-refractivity contribution is -0.0889. The number of aromatic nitrogens is 1. The Bertz CT molecular complexity index is 1570. The summed E-state index contributed by atoms with van der Waals surface area (Å²) in [6.45, 7) is 4.67. The van der Waals surface area contributed by atoms with E-state index in [1.54, 1.807) is 48.2 Å². The molecule has 1 aliphatic heterocycles. The number of pyridine rings is 1. The number of amides is 2. The second-order valence-corrected chi connectivity index (χ2v) is 12.9. The normalized spacial score (nSPS) is 16.8. The van der Waals surface area contributed by atoms with E-state index in [0.717, 1.165) is 21.8 Å². The zero-order valence-corrected chi connectivity index (χ0v) is 26.5. The van der Waals surface area contributed by atoms with Crippen LogP contribution in [0.2, 0.25) is 0 Å². The number of carbonyl (C=O) groups is 2. The molecule has 0 saturated carbocycles. The summed E-state index contributed by atoms with van der Waals surface area (Å²) in [6, 6.07) is 3.63. The standard InChI is InChI=1S/C30H38F2N4O6S/c1-29(2,3)42-28(39)36-10-9-24(30(31,32)16-36)33-26(37)23-13-18-25(43-23)19(15-35(6)27(18)38)17-11-21(40-7)20(14-34(4)5)22(12-17)41-8/h11-13,15,24H,9-10,14,16H2,1-8H3,(H,33,37)/t24-/m1/s1. The van der Waals surface area contributed by atoms with Crippen LogP contribution in [0.3, 0.4) is 0 Å². The van der Waals surface area contributed by atoms with Gasteiger partial charge in [-0.2, -0.15) is 0 Å². The second kappa shape index (κ2) is 12.1. The minimum atomic E-state index is -3.38. The van der Waals surface area contributed by atoms with Crippen LogP contribution in [0.1, 0.15) is 42.4 Å². The molecule has 234 valence electrons. The molecular formula is C30H38F2N4O6S. The van der Waals surface area contributed by atoms with Crippen molar-refractivity contribution in [1.82, 2.24) is 19.7 Å². The maximum atomic E-state index is 15.1. The number of halogens is 2. The van der Waals surface area contributed by atoms with Crippen molar-refractivity contribution in [2.75, 3.05) is 41.4 Å². The molecule has 10 nitrogen and oxygen atoms in total. The van der Waals surface area contributed by atoms with Crippen LogP contribution in [-0.4, -0.2) is 85.3 Å². The highest BCUT2D eigenvalue weighted by molar-refractivity contribution is 7.21. The molecule has 3 aromatic rings. The van der Waals surface area contributed by atoms with Crippen molar-refractivity contribution < 1.29 is 32.6 Å². The summed E-state index contributed by atoms with van der Waals surface area (Å²) < 4.78 is 48.7. The fourth-order valence-corrected chi connectivity index (χ4v) is 6.09. The summed E-state index contributed by atoms with van der Waals surface area (Å²) >= 11 is 1.05. The van der Waals surface area contributed by atoms with Crippen molar-refractivity contribution in [3.05, 3.63) is 45.2 Å². The van der Waals surface area contributed by atoms with Gasteiger partial charge in [0.1, 0.15) is 17.1 Å². The molecule has 3 heterocycles. The lowest BCUT2D eigenvalue weighted by Gasteiger charge is -2.38. The van der Waals surface area contributed by atoms with Crippen LogP contribution in [-0.2, 0) is 18.3 Å². The van der Waals surface area contributed by atoms with Gasteiger partial charge < -0.3 is 33.9 Å². The van der Waals surface area contributed by atoms with E-state index >= 15 is 8.78 Å². The first kappa shape index (κ1) is 32.2. The van der Waals surface area contributed by atoms with Gasteiger partial charge in [-0.3, -0.25) is 9.59 Å². The van der Waals surface area contributed by atoms with Crippen molar-refractivity contribution in [2.24, 2.45) is 7.05 Å². The molecule has 43 heavy (non-hydrogen) atoms. The van der Waals surface area contributed by atoms with Gasteiger partial charge in [-0.15, -0.1) is 11.3 Å². The van der Waals surface area contributed by atoms with Gasteiger partial charge in [0.25, 0.3) is 17.4 Å². The van der Waals surface area contributed by atoms with Crippen molar-refractivity contribution in [3.63, 3.8) is 0 Å². The lowest BCUT2D eigenvalue weighted by Crippen LogP contribution is -2.59. The Morgan fingerprint density at radius 3 is 2.30 bits per heavy atom. The van der Waals surface area contributed by atoms with Crippen molar-refractivity contribution in [1.29, 1.82) is 0 Å². The lowest BCUT2D eigenvalue weighted by atomic mass is 10.0. The third kappa shape index (κ3) is 6.93. The monoisotopic (exact) mass is 620 g/mol. The van der Waals surface area contributed by atoms with Crippen molar-refractivity contribution in [3.8, 4) is 22.6 Å². The molecule has 1 fully saturated rings. The average Bonchev–Trinajstić information content (AvgIpc) is 3.36. The summed E-state index contributed by atoms with van der Waals surface area (Å²) in [5.74, 6) is -2.91. The van der Waals surface area contributed by atoms with E-state index < -0.39 is 36.1 Å². The van der Waals surface area contributed by atoms with E-state index in [9.17, 15) is 14.4 Å². The number of likely N-dealkylation sites (tertiary alicyclic amines) is 1. The fourth-order valence-electron chi connectivity index (χ4n) is 5.01. The molecule has 1 atom stereocenters. The van der Waals surface area contributed by atoms with Gasteiger partial charge in [-0.05, 0) is 65.0 Å². The smallest absolute Gasteiger partial charge is 0.410 e. The molecule has 1 saturated heterocycles. The van der Waals surface area contributed by atoms with Gasteiger partial charge in [0, 0.05) is 36.6 Å². The number of benzene rings is 1. The van der Waals surface area contributed by atoms with E-state index in [2.05, 4.69) is 5.32 Å². The Morgan fingerprint density at radius 2 is 1.77 bits per heavy atom. The number of thiophene rings is 1. The summed E-state index contributed by atoms with van der Waals surface area (Å²) in [5, 5.41) is 2.73. The van der Waals surface area contributed by atoms with Crippen LogP contribution in [0.5, 0.6) is 11.5 Å². The quantitative estimate of drug-likeness (QED) is 0.408. The van der Waals surface area contributed by atoms with Gasteiger partial charge in [0.15, 0.2) is 0 Å². The molecule has 0 aliphatic carbocycles. The number of fused-ring (bicyclic) bond motifs is 1. The van der Waals surface area contributed by atoms with E-state index in [-0.39, 0.29) is 28.8 Å². The number of piperidine rings is 1. The number of carbonyl (C=O) groups excluding carboxylic acids is 2. The number of nitrogens with one attached hydrogen (secondary N) is 1. The van der Waals surface area contributed by atoms with Crippen LogP contribution >= 0.6 is 11.3 Å². The molecule has 0 unspecified atom stereocenters. The van der Waals surface area contributed by atoms with Crippen molar-refractivity contribution in [2.45, 2.75) is 51.3 Å². The van der Waals surface area contributed by atoms with Gasteiger partial charge in [-0.1, -0.05) is 0 Å². The largest absolute Gasteiger partial charge is 0.496 e. The first-order valence-corrected chi connectivity index (χ1v) is 14.6. The molecule has 2 aromatic heterocycles. The number of alkyl halides is 2. The summed E-state index contributed by atoms with van der Waals surface area (Å²) in [5.41, 5.74) is 1.06. The van der Waals surface area contributed by atoms with E-state index in [4.69, 9.17) is 14.2 Å². The highest BCUT2D eigenvalue weighted by atomic mass is 32.1. The minimum Gasteiger partial charge on any atom is -0.496 e. The summed E-state index contributed by atoms with van der Waals surface area (Å²) in [4.78, 5) is 41.7. The molecule has 1 N–H and O–H groups in total. The number of rotatable bonds is 7. The Labute approximate surface area is 253 Å². The summed E-state index contributed by atoms with van der Waals surface area (Å²) in [7, 11) is 8.60. The number of aryl methyl sites for hydroxylation is 1. The zero-order chi connectivity index (χ0) is 31.9. The topological polar surface area (TPSA) is 102 Å². The first-order chi connectivity index (χ1) is 20.0. The molecule has 1 aliphatic rings. The Kier molecular flexibility index (Phi) is 9.08. The highest BCUT2D eigenvalue weighted by Gasteiger charge is 2.47. The van der Waals surface area contributed by atoms with Gasteiger partial charge >= 0.3 is 6.09 Å². The molecule has 0 bridgehead atoms. The molecule has 4 rings (SSSR count). The maximum Gasteiger partial charge on any atom is 0.410 e. The Hall–Kier alpha value is -3.71. The second-order valence-electron chi connectivity index (χ2n) is 11.9. The van der Waals surface area contributed by atoms with E-state index in [1.807, 2.05) is 31.1 Å². The van der Waals surface area contributed by atoms with Crippen LogP contribution in [0, 0.1) is 0 Å². The number of nitrogens with zero attached hydrogens (tertiary/aromatic N) is 3. The van der Waals surface area contributed by atoms with Crippen LogP contribution < -0.4 is 20.3 Å². The number of ether oxygens (including phenoxy) is 3. The molecule has 1 aromatic carbocycles. The summed E-state index contributed by atoms with van der Waals surface area (Å²) in [6.07, 6.45) is 0.686. The van der Waals surface area contributed by atoms with Crippen molar-refractivity contribution >= 4 is 33.4 Å². The predicted octanol–water partition coefficient (Wildman–Crippen LogP) is 4.72. The van der Waals surface area contributed by atoms with E-state index in [0.29, 0.717) is 33.9 Å². The molecule has 0 spiro atoms. The highest BCUT2D eigenvalue weighted by Crippen LogP contribution is 2.40. The average molecular weight is 621 g/mol. The number of methoxy groups -OCH3 is 2. The minimum absolute atomic E-state index is 0.0000404. The predicted molar refractivity (Wildman–Crippen MR) is 162 cm³/mol. The van der Waals surface area contributed by atoms with Crippen LogP contribution in [0.4, 0.5) is 13.6 Å². The Morgan fingerprint density at radius 1 is 1.14 bits per heavy atom. The van der Waals surface area contributed by atoms with Gasteiger partial charge in [0.2, 0.25) is 0 Å². The third-order valence-corrected chi connectivity index (χ3v) is 8.19. The van der Waals surface area contributed by atoms with Crippen LogP contribution in [0.15, 0.2) is 29.2 Å². The molecule has 2 amide bonds. The zero-order valence-electron chi connectivity index (χ0n) is 25.7. The Balaban J connectivity index is 1.66. The number of hydrogen-bond donors (Lipinski definition) is 1. The SMILES string of the molecule is COc1cc(-c2cn(C)c(=O)c3cc(C(=O)N[C@@H]4CCN(C(=O)OC(C)(C)C)CC4(F)F)sc23)cc(OC)c1CN(C)C. The molecule has 13 heteroatoms. The molecular weight excluding hydrogens is 582 g/mol. The third-order valence-electron chi connectivity index (χ3n) is 7.02. The van der Waals surface area contributed by atoms with Gasteiger partial charge in [-0.25, -0.2) is 13.6 Å². The fraction of sp³-hybridized carbons (Fsp3) is 0.500. The molecule has 0 radical (unpaired) electrons. The van der Waals surface area contributed by atoms with Gasteiger partial charge in [0.05, 0.1) is 42.6 Å². The van der Waals surface area contributed by atoms with E-state index in [1.165, 1.54) is 10.6 Å². The van der Waals surface area contributed by atoms with Crippen LogP contribution in [0.25, 0.3) is 21.2 Å². The first-order valence-electron chi connectivity index (χ1n) is 13.7. The number of hydrogen-bond acceptors (Lipinski definition) is 8.